The van der Waals surface area contributed by atoms with E-state index in [0.29, 0.717) is 12.0 Å². The molecule has 1 aromatic heterocycles. The number of alkyl halides is 3. The van der Waals surface area contributed by atoms with Crippen LogP contribution in [-0.4, -0.2) is 5.11 Å². The van der Waals surface area contributed by atoms with E-state index in [1.807, 2.05) is 18.4 Å². The molecule has 0 bridgehead atoms. The van der Waals surface area contributed by atoms with Crippen molar-refractivity contribution in [3.63, 3.8) is 0 Å². The predicted octanol–water partition coefficient (Wildman–Crippen LogP) is 4.61. The highest BCUT2D eigenvalue weighted by Crippen LogP contribution is 2.31. The van der Waals surface area contributed by atoms with Gasteiger partial charge in [-0.25, -0.2) is 0 Å². The highest BCUT2D eigenvalue weighted by atomic mass is 32.1. The van der Waals surface area contributed by atoms with Crippen molar-refractivity contribution in [2.24, 2.45) is 0 Å². The Morgan fingerprint density at radius 3 is 2.35 bits per heavy atom. The van der Waals surface area contributed by atoms with Gasteiger partial charge in [0.05, 0.1) is 11.7 Å². The maximum Gasteiger partial charge on any atom is 0.416 e. The van der Waals surface area contributed by atoms with Crippen LogP contribution >= 0.6 is 11.3 Å². The lowest BCUT2D eigenvalue weighted by atomic mass is 10.0. The van der Waals surface area contributed by atoms with Crippen LogP contribution in [0.25, 0.3) is 0 Å². The lowest BCUT2D eigenvalue weighted by molar-refractivity contribution is -0.137. The number of halogens is 3. The summed E-state index contributed by atoms with van der Waals surface area (Å²) in [5.74, 6) is 0. The number of hydrogen-bond acceptors (Lipinski definition) is 2. The van der Waals surface area contributed by atoms with E-state index in [1.54, 1.807) is 0 Å². The molecule has 5 heteroatoms. The molecule has 1 aromatic carbocycles. The van der Waals surface area contributed by atoms with Crippen molar-refractivity contribution in [1.82, 2.24) is 0 Å². The Balaban J connectivity index is 2.10. The molecule has 0 spiro atoms. The third-order valence-corrected chi connectivity index (χ3v) is 4.23. The largest absolute Gasteiger partial charge is 0.416 e. The number of benzene rings is 1. The van der Waals surface area contributed by atoms with Crippen molar-refractivity contribution in [3.05, 3.63) is 57.3 Å². The fourth-order valence-electron chi connectivity index (χ4n) is 2.08. The van der Waals surface area contributed by atoms with Gasteiger partial charge in [0.1, 0.15) is 0 Å². The average molecular weight is 300 g/mol. The van der Waals surface area contributed by atoms with Crippen molar-refractivity contribution in [3.8, 4) is 0 Å². The standard InChI is InChI=1S/C15H15F3OS/c1-2-11-7-8-20-14(11)13(19)9-10-3-5-12(6-4-10)15(16,17)18/h3-8,13,19H,2,9H2,1H3. The van der Waals surface area contributed by atoms with Crippen molar-refractivity contribution in [1.29, 1.82) is 0 Å². The van der Waals surface area contributed by atoms with Gasteiger partial charge in [0.15, 0.2) is 0 Å². The number of aliphatic hydroxyl groups excluding tert-OH is 1. The SMILES string of the molecule is CCc1ccsc1C(O)Cc1ccc(C(F)(F)F)cc1. The third-order valence-electron chi connectivity index (χ3n) is 3.17. The van der Waals surface area contributed by atoms with Crippen LogP contribution < -0.4 is 0 Å². The second-order valence-electron chi connectivity index (χ2n) is 4.58. The van der Waals surface area contributed by atoms with E-state index in [2.05, 4.69) is 0 Å². The molecule has 0 radical (unpaired) electrons. The van der Waals surface area contributed by atoms with Gasteiger partial charge in [-0.2, -0.15) is 13.2 Å². The minimum atomic E-state index is -4.32. The van der Waals surface area contributed by atoms with E-state index in [1.165, 1.54) is 23.5 Å². The second kappa shape index (κ2) is 5.97. The van der Waals surface area contributed by atoms with E-state index < -0.39 is 17.8 Å². The first-order chi connectivity index (χ1) is 9.41. The molecule has 1 atom stereocenters. The summed E-state index contributed by atoms with van der Waals surface area (Å²) >= 11 is 1.48. The van der Waals surface area contributed by atoms with Crippen molar-refractivity contribution in [2.45, 2.75) is 32.0 Å². The zero-order valence-electron chi connectivity index (χ0n) is 10.9. The molecule has 0 saturated carbocycles. The first-order valence-corrected chi connectivity index (χ1v) is 7.20. The van der Waals surface area contributed by atoms with Gasteiger partial charge in [-0.05, 0) is 41.1 Å². The molecule has 1 unspecified atom stereocenters. The highest BCUT2D eigenvalue weighted by Gasteiger charge is 2.30. The fourth-order valence-corrected chi connectivity index (χ4v) is 3.06. The lowest BCUT2D eigenvalue weighted by Gasteiger charge is -2.12. The third kappa shape index (κ3) is 3.41. The van der Waals surface area contributed by atoms with Crippen LogP contribution in [0.4, 0.5) is 13.2 Å². The molecule has 108 valence electrons. The molecule has 20 heavy (non-hydrogen) atoms. The molecule has 0 amide bonds. The van der Waals surface area contributed by atoms with Gasteiger partial charge in [0.2, 0.25) is 0 Å². The fraction of sp³-hybridized carbons (Fsp3) is 0.333. The summed E-state index contributed by atoms with van der Waals surface area (Å²) in [6, 6.07) is 6.92. The molecular weight excluding hydrogens is 285 g/mol. The Morgan fingerprint density at radius 1 is 1.15 bits per heavy atom. The van der Waals surface area contributed by atoms with E-state index in [-0.39, 0.29) is 0 Å². The molecule has 2 aromatic rings. The second-order valence-corrected chi connectivity index (χ2v) is 5.53. The Kier molecular flexibility index (Phi) is 4.50. The van der Waals surface area contributed by atoms with Gasteiger partial charge < -0.3 is 5.11 Å². The Bertz CT molecular complexity index is 557. The average Bonchev–Trinajstić information content (AvgIpc) is 2.86. The summed E-state index contributed by atoms with van der Waals surface area (Å²) in [7, 11) is 0. The minimum Gasteiger partial charge on any atom is -0.387 e. The number of rotatable bonds is 4. The molecule has 0 saturated heterocycles. The van der Waals surface area contributed by atoms with Gasteiger partial charge in [-0.15, -0.1) is 11.3 Å². The first kappa shape index (κ1) is 15.1. The van der Waals surface area contributed by atoms with Crippen LogP contribution in [0.15, 0.2) is 35.7 Å². The van der Waals surface area contributed by atoms with Crippen LogP contribution in [0.2, 0.25) is 0 Å². The van der Waals surface area contributed by atoms with Crippen LogP contribution in [0.5, 0.6) is 0 Å². The van der Waals surface area contributed by atoms with Gasteiger partial charge in [0, 0.05) is 11.3 Å². The van der Waals surface area contributed by atoms with Gasteiger partial charge in [0.25, 0.3) is 0 Å². The Labute approximate surface area is 119 Å². The first-order valence-electron chi connectivity index (χ1n) is 6.32. The summed E-state index contributed by atoms with van der Waals surface area (Å²) in [6.45, 7) is 2.01. The lowest BCUT2D eigenvalue weighted by Crippen LogP contribution is -2.06. The normalized spacial score (nSPS) is 13.4. The van der Waals surface area contributed by atoms with Crippen molar-refractivity contribution >= 4 is 11.3 Å². The van der Waals surface area contributed by atoms with E-state index in [4.69, 9.17) is 0 Å². The van der Waals surface area contributed by atoms with Gasteiger partial charge >= 0.3 is 6.18 Å². The molecule has 2 rings (SSSR count). The van der Waals surface area contributed by atoms with E-state index in [0.717, 1.165) is 29.0 Å². The van der Waals surface area contributed by atoms with Crippen LogP contribution in [-0.2, 0) is 19.0 Å². The van der Waals surface area contributed by atoms with Crippen molar-refractivity contribution in [2.75, 3.05) is 0 Å². The summed E-state index contributed by atoms with van der Waals surface area (Å²) < 4.78 is 37.4. The topological polar surface area (TPSA) is 20.2 Å². The minimum absolute atomic E-state index is 0.325. The van der Waals surface area contributed by atoms with Gasteiger partial charge in [-0.1, -0.05) is 19.1 Å². The number of aryl methyl sites for hydroxylation is 1. The zero-order chi connectivity index (χ0) is 14.8. The number of thiophene rings is 1. The predicted molar refractivity (Wildman–Crippen MR) is 73.8 cm³/mol. The van der Waals surface area contributed by atoms with E-state index >= 15 is 0 Å². The summed E-state index contributed by atoms with van der Waals surface area (Å²) in [5.41, 5.74) is 1.12. The quantitative estimate of drug-likeness (QED) is 0.874. The van der Waals surface area contributed by atoms with Gasteiger partial charge in [-0.3, -0.25) is 0 Å². The molecule has 0 aliphatic heterocycles. The number of hydrogen-bond donors (Lipinski definition) is 1. The van der Waals surface area contributed by atoms with Crippen LogP contribution in [0.3, 0.4) is 0 Å². The molecule has 0 aliphatic carbocycles. The molecular formula is C15H15F3OS. The smallest absolute Gasteiger partial charge is 0.387 e. The van der Waals surface area contributed by atoms with Crippen molar-refractivity contribution < 1.29 is 18.3 Å². The highest BCUT2D eigenvalue weighted by molar-refractivity contribution is 7.10. The molecule has 1 N–H and O–H groups in total. The van der Waals surface area contributed by atoms with Crippen LogP contribution in [0, 0.1) is 0 Å². The Morgan fingerprint density at radius 2 is 1.80 bits per heavy atom. The zero-order valence-corrected chi connectivity index (χ0v) is 11.8. The monoisotopic (exact) mass is 300 g/mol. The summed E-state index contributed by atoms with van der Waals surface area (Å²) in [5, 5.41) is 12.1. The molecule has 0 fully saturated rings. The molecule has 1 nitrogen and oxygen atoms in total. The van der Waals surface area contributed by atoms with Crippen LogP contribution in [0.1, 0.15) is 34.6 Å². The van der Waals surface area contributed by atoms with E-state index in [9.17, 15) is 18.3 Å². The summed E-state index contributed by atoms with van der Waals surface area (Å²) in [6.07, 6.45) is -3.82. The Hall–Kier alpha value is -1.33. The maximum absolute atomic E-state index is 12.5. The summed E-state index contributed by atoms with van der Waals surface area (Å²) in [4.78, 5) is 0.896. The maximum atomic E-state index is 12.5. The molecule has 1 heterocycles. The number of aliphatic hydroxyl groups is 1. The molecule has 0 aliphatic rings.